The van der Waals surface area contributed by atoms with E-state index in [0.29, 0.717) is 0 Å². The molecule has 1 aliphatic heterocycles. The summed E-state index contributed by atoms with van der Waals surface area (Å²) in [6, 6.07) is 7.58. The molecule has 1 aliphatic rings. The zero-order valence-electron chi connectivity index (χ0n) is 13.4. The molecule has 0 spiro atoms. The lowest BCUT2D eigenvalue weighted by atomic mass is 9.96. The van der Waals surface area contributed by atoms with Crippen LogP contribution < -0.4 is 10.2 Å². The molecule has 0 aliphatic carbocycles. The van der Waals surface area contributed by atoms with Crippen molar-refractivity contribution in [2.75, 3.05) is 24.5 Å². The molecule has 6 nitrogen and oxygen atoms in total. The third-order valence-corrected chi connectivity index (χ3v) is 4.16. The van der Waals surface area contributed by atoms with Gasteiger partial charge in [0.15, 0.2) is 11.6 Å². The molecule has 122 valence electrons. The highest BCUT2D eigenvalue weighted by atomic mass is 16.3. The lowest BCUT2D eigenvalue weighted by Gasteiger charge is -2.31. The van der Waals surface area contributed by atoms with E-state index in [4.69, 9.17) is 4.42 Å². The van der Waals surface area contributed by atoms with Crippen molar-refractivity contribution < 1.29 is 9.21 Å². The van der Waals surface area contributed by atoms with Crippen LogP contribution in [0.2, 0.25) is 0 Å². The zero-order valence-corrected chi connectivity index (χ0v) is 13.4. The summed E-state index contributed by atoms with van der Waals surface area (Å²) in [5.74, 6) is 1.88. The van der Waals surface area contributed by atoms with Crippen LogP contribution in [0.25, 0.3) is 11.5 Å². The van der Waals surface area contributed by atoms with Gasteiger partial charge >= 0.3 is 0 Å². The largest absolute Gasteiger partial charge is 0.463 e. The molecule has 2 aromatic rings. The van der Waals surface area contributed by atoms with Crippen LogP contribution in [0.5, 0.6) is 0 Å². The summed E-state index contributed by atoms with van der Waals surface area (Å²) < 4.78 is 5.32. The number of carbonyl (C=O) groups excluding carboxylic acids is 1. The first-order valence-electron chi connectivity index (χ1n) is 8.18. The van der Waals surface area contributed by atoms with E-state index in [9.17, 15) is 4.79 Å². The van der Waals surface area contributed by atoms with Gasteiger partial charge in [0.05, 0.1) is 6.26 Å². The number of hydrogen-bond acceptors (Lipinski definition) is 5. The molecule has 0 unspecified atom stereocenters. The van der Waals surface area contributed by atoms with Crippen LogP contribution in [0.1, 0.15) is 26.2 Å². The number of nitrogens with one attached hydrogen (secondary N) is 1. The number of nitrogens with zero attached hydrogens (tertiary/aromatic N) is 3. The Morgan fingerprint density at radius 3 is 2.74 bits per heavy atom. The van der Waals surface area contributed by atoms with E-state index in [1.54, 1.807) is 6.26 Å². The van der Waals surface area contributed by atoms with Crippen LogP contribution in [0, 0.1) is 5.92 Å². The second kappa shape index (κ2) is 7.26. The minimum atomic E-state index is 0.119. The Kier molecular flexibility index (Phi) is 4.90. The van der Waals surface area contributed by atoms with Gasteiger partial charge in [-0.1, -0.05) is 6.92 Å². The highest BCUT2D eigenvalue weighted by Crippen LogP contribution is 2.23. The van der Waals surface area contributed by atoms with Gasteiger partial charge in [0.25, 0.3) is 0 Å². The molecule has 1 N–H and O–H groups in total. The van der Waals surface area contributed by atoms with E-state index >= 15 is 0 Å². The number of amides is 1. The molecule has 0 saturated carbocycles. The number of carbonyl (C=O) groups is 1. The van der Waals surface area contributed by atoms with Crippen LogP contribution >= 0.6 is 0 Å². The molecule has 0 radical (unpaired) electrons. The number of rotatable bonds is 5. The predicted octanol–water partition coefficient (Wildman–Crippen LogP) is 2.48. The summed E-state index contributed by atoms with van der Waals surface area (Å²) in [6.45, 7) is 4.49. The van der Waals surface area contributed by atoms with Crippen molar-refractivity contribution >= 4 is 11.7 Å². The number of anilines is 1. The van der Waals surface area contributed by atoms with E-state index in [2.05, 4.69) is 27.3 Å². The summed E-state index contributed by atoms with van der Waals surface area (Å²) in [5, 5.41) is 11.5. The first-order chi connectivity index (χ1) is 11.3. The Labute approximate surface area is 135 Å². The minimum Gasteiger partial charge on any atom is -0.463 e. The fourth-order valence-corrected chi connectivity index (χ4v) is 2.81. The van der Waals surface area contributed by atoms with Gasteiger partial charge in [-0.05, 0) is 43.5 Å². The standard InChI is InChI=1S/C17H22N4O2/c1-2-9-18-17(22)13-7-10-21(11-8-13)16-6-5-14(19-20-16)15-4-3-12-23-15/h3-6,12-13H,2,7-11H2,1H3,(H,18,22). The van der Waals surface area contributed by atoms with Gasteiger partial charge in [-0.3, -0.25) is 4.79 Å². The Balaban J connectivity index is 1.56. The molecule has 1 amide bonds. The Morgan fingerprint density at radius 2 is 2.13 bits per heavy atom. The molecule has 0 atom stereocenters. The Hall–Kier alpha value is -2.37. The van der Waals surface area contributed by atoms with Crippen molar-refractivity contribution in [3.05, 3.63) is 30.5 Å². The normalized spacial score (nSPS) is 15.6. The first-order valence-corrected chi connectivity index (χ1v) is 8.18. The molecule has 6 heteroatoms. The topological polar surface area (TPSA) is 71.3 Å². The highest BCUT2D eigenvalue weighted by molar-refractivity contribution is 5.78. The lowest BCUT2D eigenvalue weighted by Crippen LogP contribution is -2.41. The second-order valence-corrected chi connectivity index (χ2v) is 5.81. The molecule has 1 fully saturated rings. The van der Waals surface area contributed by atoms with Crippen LogP contribution in [0.15, 0.2) is 34.9 Å². The zero-order chi connectivity index (χ0) is 16.1. The predicted molar refractivity (Wildman–Crippen MR) is 88.0 cm³/mol. The highest BCUT2D eigenvalue weighted by Gasteiger charge is 2.25. The summed E-state index contributed by atoms with van der Waals surface area (Å²) in [4.78, 5) is 14.2. The smallest absolute Gasteiger partial charge is 0.223 e. The van der Waals surface area contributed by atoms with Crippen molar-refractivity contribution in [3.8, 4) is 11.5 Å². The maximum atomic E-state index is 12.0. The van der Waals surface area contributed by atoms with Crippen molar-refractivity contribution in [3.63, 3.8) is 0 Å². The van der Waals surface area contributed by atoms with Crippen molar-refractivity contribution in [1.29, 1.82) is 0 Å². The average Bonchev–Trinajstić information content (AvgIpc) is 3.14. The number of furan rings is 1. The van der Waals surface area contributed by atoms with Crippen LogP contribution in [0.3, 0.4) is 0 Å². The molecule has 3 heterocycles. The van der Waals surface area contributed by atoms with Crippen molar-refractivity contribution in [2.45, 2.75) is 26.2 Å². The molecular weight excluding hydrogens is 292 g/mol. The van der Waals surface area contributed by atoms with Gasteiger partial charge in [0.1, 0.15) is 5.69 Å². The van der Waals surface area contributed by atoms with Gasteiger partial charge < -0.3 is 14.6 Å². The van der Waals surface area contributed by atoms with Gasteiger partial charge in [-0.2, -0.15) is 0 Å². The molecule has 1 saturated heterocycles. The first kappa shape index (κ1) is 15.5. The fourth-order valence-electron chi connectivity index (χ4n) is 2.81. The van der Waals surface area contributed by atoms with Crippen LogP contribution in [-0.2, 0) is 4.79 Å². The molecule has 2 aromatic heterocycles. The van der Waals surface area contributed by atoms with Crippen LogP contribution in [0.4, 0.5) is 5.82 Å². The summed E-state index contributed by atoms with van der Waals surface area (Å²) in [5.41, 5.74) is 0.729. The van der Waals surface area contributed by atoms with Gasteiger partial charge in [0.2, 0.25) is 5.91 Å². The summed E-state index contributed by atoms with van der Waals surface area (Å²) in [7, 11) is 0. The SMILES string of the molecule is CCCNC(=O)C1CCN(c2ccc(-c3ccco3)nn2)CC1. The number of aromatic nitrogens is 2. The Morgan fingerprint density at radius 1 is 1.30 bits per heavy atom. The van der Waals surface area contributed by atoms with E-state index < -0.39 is 0 Å². The van der Waals surface area contributed by atoms with Gasteiger partial charge in [0, 0.05) is 25.6 Å². The fraction of sp³-hybridized carbons (Fsp3) is 0.471. The molecule has 3 rings (SSSR count). The van der Waals surface area contributed by atoms with E-state index in [-0.39, 0.29) is 11.8 Å². The molecular formula is C17H22N4O2. The quantitative estimate of drug-likeness (QED) is 0.918. The number of hydrogen-bond donors (Lipinski definition) is 1. The third kappa shape index (κ3) is 3.70. The van der Waals surface area contributed by atoms with E-state index in [0.717, 1.165) is 56.2 Å². The average molecular weight is 314 g/mol. The van der Waals surface area contributed by atoms with Crippen LogP contribution in [-0.4, -0.2) is 35.7 Å². The van der Waals surface area contributed by atoms with E-state index in [1.165, 1.54) is 0 Å². The Bertz CT molecular complexity index is 617. The van der Waals surface area contributed by atoms with Crippen molar-refractivity contribution in [1.82, 2.24) is 15.5 Å². The lowest BCUT2D eigenvalue weighted by molar-refractivity contribution is -0.125. The van der Waals surface area contributed by atoms with Gasteiger partial charge in [-0.25, -0.2) is 0 Å². The maximum absolute atomic E-state index is 12.0. The van der Waals surface area contributed by atoms with Crippen molar-refractivity contribution in [2.24, 2.45) is 5.92 Å². The molecule has 23 heavy (non-hydrogen) atoms. The van der Waals surface area contributed by atoms with Gasteiger partial charge in [-0.15, -0.1) is 10.2 Å². The third-order valence-electron chi connectivity index (χ3n) is 4.16. The minimum absolute atomic E-state index is 0.119. The monoisotopic (exact) mass is 314 g/mol. The maximum Gasteiger partial charge on any atom is 0.223 e. The van der Waals surface area contributed by atoms with E-state index in [1.807, 2.05) is 24.3 Å². The molecule has 0 bridgehead atoms. The summed E-state index contributed by atoms with van der Waals surface area (Å²) >= 11 is 0. The summed E-state index contributed by atoms with van der Waals surface area (Å²) in [6.07, 6.45) is 4.32. The molecule has 0 aromatic carbocycles. The second-order valence-electron chi connectivity index (χ2n) is 5.81. The number of piperidine rings is 1.